The van der Waals surface area contributed by atoms with Crippen LogP contribution in [0.15, 0.2) is 53.5 Å². The second-order valence-corrected chi connectivity index (χ2v) is 4.55. The minimum absolute atomic E-state index is 0.921. The molecule has 0 aliphatic carbocycles. The van der Waals surface area contributed by atoms with Gasteiger partial charge in [-0.05, 0) is 17.5 Å². The first-order valence-electron chi connectivity index (χ1n) is 5.39. The van der Waals surface area contributed by atoms with Crippen molar-refractivity contribution in [2.45, 2.75) is 0 Å². The first-order valence-corrected chi connectivity index (χ1v) is 6.33. The molecule has 0 radical (unpaired) electrons. The molecule has 3 heteroatoms. The number of hydrogen-bond donors (Lipinski definition) is 0. The lowest BCUT2D eigenvalue weighted by atomic mass is 10.1. The zero-order valence-corrected chi connectivity index (χ0v) is 10.3. The minimum Gasteiger partial charge on any atom is -0.496 e. The summed E-state index contributed by atoms with van der Waals surface area (Å²) in [5.74, 6) is 0.921. The standard InChI is InChI=1S/C14H12NOS/c1-16-14-4-2-3-11-9-12(5-6-13(11)14)15-7-8-17-10-15/h2-10H,1H3/q+1. The van der Waals surface area contributed by atoms with Gasteiger partial charge in [0.15, 0.2) is 6.20 Å². The molecule has 0 N–H and O–H groups in total. The smallest absolute Gasteiger partial charge is 0.230 e. The molecular formula is C14H12NOS+. The Morgan fingerprint density at radius 1 is 1.18 bits per heavy atom. The Balaban J connectivity index is 2.21. The molecule has 0 bridgehead atoms. The summed E-state index contributed by atoms with van der Waals surface area (Å²) in [6.07, 6.45) is 2.06. The fraction of sp³-hybridized carbons (Fsp3) is 0.0714. The first kappa shape index (κ1) is 10.3. The number of methoxy groups -OCH3 is 1. The molecule has 1 aromatic heterocycles. The summed E-state index contributed by atoms with van der Waals surface area (Å²) >= 11 is 1.69. The summed E-state index contributed by atoms with van der Waals surface area (Å²) in [5, 5.41) is 4.41. The number of aromatic nitrogens is 1. The Labute approximate surface area is 104 Å². The van der Waals surface area contributed by atoms with Crippen LogP contribution < -0.4 is 9.30 Å². The number of ether oxygens (including phenoxy) is 1. The molecular weight excluding hydrogens is 230 g/mol. The van der Waals surface area contributed by atoms with Crippen molar-refractivity contribution in [2.75, 3.05) is 7.11 Å². The molecule has 0 spiro atoms. The van der Waals surface area contributed by atoms with Crippen LogP contribution in [0.3, 0.4) is 0 Å². The quantitative estimate of drug-likeness (QED) is 0.629. The molecule has 84 valence electrons. The predicted octanol–water partition coefficient (Wildman–Crippen LogP) is 3.19. The summed E-state index contributed by atoms with van der Waals surface area (Å²) in [6, 6.07) is 12.5. The van der Waals surface area contributed by atoms with Gasteiger partial charge in [0.05, 0.1) is 12.5 Å². The number of nitrogens with zero attached hydrogens (tertiary/aromatic N) is 1. The Hall–Kier alpha value is -1.87. The summed E-state index contributed by atoms with van der Waals surface area (Å²) in [6.45, 7) is 0. The number of thiazole rings is 1. The van der Waals surface area contributed by atoms with E-state index in [4.69, 9.17) is 4.74 Å². The molecule has 1 heterocycles. The lowest BCUT2D eigenvalue weighted by Crippen LogP contribution is -2.25. The lowest BCUT2D eigenvalue weighted by molar-refractivity contribution is -0.590. The third-order valence-corrected chi connectivity index (χ3v) is 3.44. The van der Waals surface area contributed by atoms with Crippen molar-refractivity contribution in [3.05, 3.63) is 53.5 Å². The van der Waals surface area contributed by atoms with E-state index in [-0.39, 0.29) is 0 Å². The summed E-state index contributed by atoms with van der Waals surface area (Å²) in [4.78, 5) is 0. The van der Waals surface area contributed by atoms with Crippen molar-refractivity contribution in [3.8, 4) is 11.4 Å². The maximum atomic E-state index is 5.35. The van der Waals surface area contributed by atoms with Crippen molar-refractivity contribution < 1.29 is 9.30 Å². The Morgan fingerprint density at radius 3 is 2.88 bits per heavy atom. The monoisotopic (exact) mass is 242 g/mol. The minimum atomic E-state index is 0.921. The van der Waals surface area contributed by atoms with E-state index in [0.717, 1.165) is 11.1 Å². The first-order chi connectivity index (χ1) is 8.38. The van der Waals surface area contributed by atoms with Gasteiger partial charge in [-0.1, -0.05) is 23.5 Å². The lowest BCUT2D eigenvalue weighted by Gasteiger charge is -2.04. The summed E-state index contributed by atoms with van der Waals surface area (Å²) in [5.41, 5.74) is 3.26. The van der Waals surface area contributed by atoms with Crippen molar-refractivity contribution in [1.29, 1.82) is 0 Å². The van der Waals surface area contributed by atoms with E-state index in [1.807, 2.05) is 12.1 Å². The zero-order valence-electron chi connectivity index (χ0n) is 9.46. The second kappa shape index (κ2) is 4.18. The fourth-order valence-corrected chi connectivity index (χ4v) is 2.56. The van der Waals surface area contributed by atoms with Crippen LogP contribution in [0.2, 0.25) is 0 Å². The van der Waals surface area contributed by atoms with Crippen molar-refractivity contribution in [1.82, 2.24) is 0 Å². The van der Waals surface area contributed by atoms with Gasteiger partial charge in [-0.3, -0.25) is 0 Å². The topological polar surface area (TPSA) is 13.1 Å². The van der Waals surface area contributed by atoms with Crippen LogP contribution in [0.4, 0.5) is 0 Å². The van der Waals surface area contributed by atoms with Crippen LogP contribution in [0.5, 0.6) is 5.75 Å². The number of rotatable bonds is 2. The van der Waals surface area contributed by atoms with E-state index < -0.39 is 0 Å². The molecule has 0 unspecified atom stereocenters. The SMILES string of the molecule is COc1cccc2cc(-[n+]3ccsc3)ccc12. The molecule has 3 rings (SSSR count). The van der Waals surface area contributed by atoms with Gasteiger partial charge in [0.2, 0.25) is 11.2 Å². The van der Waals surface area contributed by atoms with Crippen LogP contribution >= 0.6 is 11.3 Å². The van der Waals surface area contributed by atoms with Crippen LogP contribution in [-0.2, 0) is 0 Å². The highest BCUT2D eigenvalue weighted by atomic mass is 32.1. The molecule has 0 aliphatic heterocycles. The normalized spacial score (nSPS) is 10.6. The van der Waals surface area contributed by atoms with E-state index in [1.165, 1.54) is 11.1 Å². The highest BCUT2D eigenvalue weighted by Gasteiger charge is 2.08. The highest BCUT2D eigenvalue weighted by molar-refractivity contribution is 7.07. The van der Waals surface area contributed by atoms with Gasteiger partial charge in [0, 0.05) is 17.5 Å². The van der Waals surface area contributed by atoms with Crippen molar-refractivity contribution in [2.24, 2.45) is 0 Å². The van der Waals surface area contributed by atoms with E-state index in [2.05, 4.69) is 45.9 Å². The van der Waals surface area contributed by atoms with Crippen molar-refractivity contribution in [3.63, 3.8) is 0 Å². The average molecular weight is 242 g/mol. The predicted molar refractivity (Wildman–Crippen MR) is 69.9 cm³/mol. The van der Waals surface area contributed by atoms with E-state index in [0.29, 0.717) is 0 Å². The van der Waals surface area contributed by atoms with Crippen LogP contribution in [0.25, 0.3) is 16.5 Å². The number of benzene rings is 2. The molecule has 2 aromatic carbocycles. The molecule has 0 saturated heterocycles. The molecule has 0 aliphatic rings. The van der Waals surface area contributed by atoms with Gasteiger partial charge in [-0.2, -0.15) is 4.57 Å². The Bertz CT molecular complexity index is 646. The van der Waals surface area contributed by atoms with Crippen LogP contribution in [0.1, 0.15) is 0 Å². The number of fused-ring (bicyclic) bond motifs is 1. The Morgan fingerprint density at radius 2 is 2.12 bits per heavy atom. The third kappa shape index (κ3) is 1.78. The van der Waals surface area contributed by atoms with Gasteiger partial charge in [-0.15, -0.1) is 0 Å². The molecule has 0 amide bonds. The van der Waals surface area contributed by atoms with Gasteiger partial charge in [-0.25, -0.2) is 0 Å². The second-order valence-electron chi connectivity index (χ2n) is 3.80. The molecule has 0 fully saturated rings. The van der Waals surface area contributed by atoms with Crippen LogP contribution in [0, 0.1) is 0 Å². The van der Waals surface area contributed by atoms with Gasteiger partial charge in [0.1, 0.15) is 5.75 Å². The average Bonchev–Trinajstić information content (AvgIpc) is 2.91. The molecule has 3 aromatic rings. The third-order valence-electron chi connectivity index (χ3n) is 2.82. The summed E-state index contributed by atoms with van der Waals surface area (Å²) in [7, 11) is 1.70. The van der Waals surface area contributed by atoms with Gasteiger partial charge in [0.25, 0.3) is 0 Å². The Kier molecular flexibility index (Phi) is 2.53. The van der Waals surface area contributed by atoms with Crippen LogP contribution in [-0.4, -0.2) is 7.11 Å². The van der Waals surface area contributed by atoms with E-state index in [1.54, 1.807) is 18.4 Å². The molecule has 2 nitrogen and oxygen atoms in total. The largest absolute Gasteiger partial charge is 0.496 e. The maximum absolute atomic E-state index is 5.35. The molecule has 0 saturated carbocycles. The van der Waals surface area contributed by atoms with E-state index in [9.17, 15) is 0 Å². The highest BCUT2D eigenvalue weighted by Crippen LogP contribution is 2.26. The molecule has 0 atom stereocenters. The van der Waals surface area contributed by atoms with Gasteiger partial charge < -0.3 is 4.74 Å². The summed E-state index contributed by atoms with van der Waals surface area (Å²) < 4.78 is 7.47. The fourth-order valence-electron chi connectivity index (χ4n) is 1.96. The molecule has 17 heavy (non-hydrogen) atoms. The maximum Gasteiger partial charge on any atom is 0.230 e. The number of hydrogen-bond acceptors (Lipinski definition) is 2. The van der Waals surface area contributed by atoms with Crippen molar-refractivity contribution >= 4 is 22.1 Å². The zero-order chi connectivity index (χ0) is 11.7. The van der Waals surface area contributed by atoms with E-state index >= 15 is 0 Å². The van der Waals surface area contributed by atoms with Gasteiger partial charge >= 0.3 is 0 Å².